The van der Waals surface area contributed by atoms with Crippen molar-refractivity contribution in [3.63, 3.8) is 0 Å². The third kappa shape index (κ3) is 5.09. The number of ether oxygens (including phenoxy) is 1. The lowest BCUT2D eigenvalue weighted by Gasteiger charge is -2.11. The quantitative estimate of drug-likeness (QED) is 0.184. The van der Waals surface area contributed by atoms with Gasteiger partial charge in [0.2, 0.25) is 0 Å². The van der Waals surface area contributed by atoms with E-state index in [1.165, 1.54) is 17.5 Å². The van der Waals surface area contributed by atoms with Gasteiger partial charge in [-0.05, 0) is 42.7 Å². The Morgan fingerprint density at radius 2 is 1.92 bits per heavy atom. The van der Waals surface area contributed by atoms with Gasteiger partial charge in [-0.2, -0.15) is 9.78 Å². The van der Waals surface area contributed by atoms with Crippen LogP contribution in [0.4, 0.5) is 10.7 Å². The Bertz CT molecular complexity index is 1590. The van der Waals surface area contributed by atoms with Crippen LogP contribution in [0, 0.1) is 10.1 Å². The molecule has 0 aliphatic heterocycles. The number of thiophene rings is 1. The van der Waals surface area contributed by atoms with Crippen LogP contribution in [0.5, 0.6) is 0 Å². The Kier molecular flexibility index (Phi) is 7.37. The second-order valence-corrected chi connectivity index (χ2v) is 9.55. The van der Waals surface area contributed by atoms with E-state index in [1.54, 1.807) is 19.1 Å². The minimum Gasteiger partial charge on any atom is -0.461 e. The number of carbonyl (C=O) groups is 2. The van der Waals surface area contributed by atoms with E-state index >= 15 is 0 Å². The minimum atomic E-state index is -0.718. The summed E-state index contributed by atoms with van der Waals surface area (Å²) in [6.45, 7) is 5.84. The van der Waals surface area contributed by atoms with Gasteiger partial charge in [-0.1, -0.05) is 37.6 Å². The number of anilines is 1. The first-order valence-electron chi connectivity index (χ1n) is 11.2. The largest absolute Gasteiger partial charge is 0.461 e. The molecule has 0 saturated heterocycles. The smallest absolute Gasteiger partial charge is 0.359 e. The van der Waals surface area contributed by atoms with Gasteiger partial charge in [-0.25, -0.2) is 4.79 Å². The molecule has 4 aromatic rings. The summed E-state index contributed by atoms with van der Waals surface area (Å²) in [6.07, 6.45) is 0. The van der Waals surface area contributed by atoms with Crippen LogP contribution >= 0.6 is 22.9 Å². The predicted molar refractivity (Wildman–Crippen MR) is 141 cm³/mol. The van der Waals surface area contributed by atoms with Gasteiger partial charge in [0.25, 0.3) is 17.2 Å². The second kappa shape index (κ2) is 10.5. The summed E-state index contributed by atoms with van der Waals surface area (Å²) < 4.78 is 6.24. The molecule has 0 saturated carbocycles. The highest BCUT2D eigenvalue weighted by molar-refractivity contribution is 7.16. The SMILES string of the molecule is CCOC(=O)c1nn(-c2ccc(C(C)C)cc2)c(=O)c2c(NC(=O)c3ccc(Cl)c([N+](=O)[O-])c3)scc12. The number of carbonyl (C=O) groups excluding carboxylic acids is 2. The van der Waals surface area contributed by atoms with Crippen molar-refractivity contribution in [3.8, 4) is 5.69 Å². The van der Waals surface area contributed by atoms with Crippen molar-refractivity contribution >= 4 is 56.3 Å². The van der Waals surface area contributed by atoms with E-state index in [9.17, 15) is 24.5 Å². The Morgan fingerprint density at radius 1 is 1.22 bits per heavy atom. The van der Waals surface area contributed by atoms with Crippen LogP contribution in [-0.4, -0.2) is 33.2 Å². The Labute approximate surface area is 219 Å². The fourth-order valence-electron chi connectivity index (χ4n) is 3.64. The number of amides is 1. The third-order valence-electron chi connectivity index (χ3n) is 5.56. The summed E-state index contributed by atoms with van der Waals surface area (Å²) in [5.41, 5.74) is 0.401. The highest BCUT2D eigenvalue weighted by Gasteiger charge is 2.24. The molecule has 0 aliphatic carbocycles. The van der Waals surface area contributed by atoms with Crippen LogP contribution in [-0.2, 0) is 4.74 Å². The molecule has 37 heavy (non-hydrogen) atoms. The van der Waals surface area contributed by atoms with Crippen molar-refractivity contribution in [3.05, 3.63) is 90.2 Å². The van der Waals surface area contributed by atoms with Crippen LogP contribution in [0.1, 0.15) is 53.1 Å². The van der Waals surface area contributed by atoms with Gasteiger partial charge in [0.05, 0.1) is 22.6 Å². The number of hydrogen-bond acceptors (Lipinski definition) is 8. The van der Waals surface area contributed by atoms with E-state index in [-0.39, 0.29) is 44.6 Å². The number of nitrogens with one attached hydrogen (secondary N) is 1. The molecule has 0 bridgehead atoms. The van der Waals surface area contributed by atoms with Gasteiger partial charge in [-0.15, -0.1) is 11.3 Å². The molecule has 190 valence electrons. The third-order valence-corrected chi connectivity index (χ3v) is 6.77. The monoisotopic (exact) mass is 540 g/mol. The maximum Gasteiger partial charge on any atom is 0.359 e. The molecule has 0 atom stereocenters. The highest BCUT2D eigenvalue weighted by Crippen LogP contribution is 2.32. The average Bonchev–Trinajstić information content (AvgIpc) is 3.28. The van der Waals surface area contributed by atoms with Crippen LogP contribution < -0.4 is 10.9 Å². The maximum absolute atomic E-state index is 13.6. The van der Waals surface area contributed by atoms with Gasteiger partial charge in [-0.3, -0.25) is 19.7 Å². The van der Waals surface area contributed by atoms with Gasteiger partial charge in [0.15, 0.2) is 5.69 Å². The zero-order valence-corrected chi connectivity index (χ0v) is 21.6. The number of nitro groups is 1. The fourth-order valence-corrected chi connectivity index (χ4v) is 4.75. The number of nitro benzene ring substituents is 1. The van der Waals surface area contributed by atoms with Gasteiger partial charge >= 0.3 is 5.97 Å². The van der Waals surface area contributed by atoms with Crippen LogP contribution in [0.3, 0.4) is 0 Å². The number of rotatable bonds is 7. The van der Waals surface area contributed by atoms with Gasteiger partial charge < -0.3 is 10.1 Å². The number of benzene rings is 2. The molecular formula is C25H21ClN4O6S. The first-order chi connectivity index (χ1) is 17.6. The highest BCUT2D eigenvalue weighted by atomic mass is 35.5. The molecule has 0 aliphatic rings. The first kappa shape index (κ1) is 26.0. The van der Waals surface area contributed by atoms with Crippen LogP contribution in [0.2, 0.25) is 5.02 Å². The zero-order valence-electron chi connectivity index (χ0n) is 20.0. The Hall–Kier alpha value is -4.09. The standard InChI is InChI=1S/C25H21ClN4O6S/c1-4-36-25(33)21-17-12-37-23(27-22(31)15-7-10-18(26)19(11-15)30(34)35)20(17)24(32)29(28-21)16-8-5-14(6-9-16)13(2)3/h5-13H,4H2,1-3H3,(H,27,31). The summed E-state index contributed by atoms with van der Waals surface area (Å²) in [5.74, 6) is -1.13. The van der Waals surface area contributed by atoms with Crippen molar-refractivity contribution in [1.82, 2.24) is 9.78 Å². The Balaban J connectivity index is 1.84. The zero-order chi connectivity index (χ0) is 26.9. The molecule has 0 spiro atoms. The van der Waals surface area contributed by atoms with E-state index in [0.717, 1.165) is 27.6 Å². The molecule has 0 fully saturated rings. The van der Waals surface area contributed by atoms with Crippen LogP contribution in [0.25, 0.3) is 16.5 Å². The number of fused-ring (bicyclic) bond motifs is 1. The summed E-state index contributed by atoms with van der Waals surface area (Å²) in [4.78, 5) is 49.8. The molecule has 0 unspecified atom stereocenters. The van der Waals surface area contributed by atoms with Gasteiger partial charge in [0.1, 0.15) is 10.0 Å². The number of esters is 1. The lowest BCUT2D eigenvalue weighted by atomic mass is 10.0. The van der Waals surface area contributed by atoms with E-state index < -0.39 is 28.0 Å². The summed E-state index contributed by atoms with van der Waals surface area (Å²) in [6, 6.07) is 10.8. The molecule has 12 heteroatoms. The topological polar surface area (TPSA) is 133 Å². The van der Waals surface area contributed by atoms with E-state index in [4.69, 9.17) is 16.3 Å². The van der Waals surface area contributed by atoms with Crippen molar-refractivity contribution in [2.24, 2.45) is 0 Å². The number of aromatic nitrogens is 2. The lowest BCUT2D eigenvalue weighted by molar-refractivity contribution is -0.384. The summed E-state index contributed by atoms with van der Waals surface area (Å²) in [7, 11) is 0. The van der Waals surface area contributed by atoms with E-state index in [2.05, 4.69) is 10.4 Å². The molecule has 1 amide bonds. The lowest BCUT2D eigenvalue weighted by Crippen LogP contribution is -2.25. The minimum absolute atomic E-state index is 0.0260. The average molecular weight is 541 g/mol. The summed E-state index contributed by atoms with van der Waals surface area (Å²) >= 11 is 6.87. The van der Waals surface area contributed by atoms with Crippen molar-refractivity contribution < 1.29 is 19.2 Å². The number of nitrogens with zero attached hydrogens (tertiary/aromatic N) is 3. The fraction of sp³-hybridized carbons (Fsp3) is 0.200. The molecule has 4 rings (SSSR count). The molecule has 2 aromatic carbocycles. The van der Waals surface area contributed by atoms with Gasteiger partial charge in [0, 0.05) is 22.4 Å². The maximum atomic E-state index is 13.6. The molecule has 10 nitrogen and oxygen atoms in total. The molecular weight excluding hydrogens is 520 g/mol. The molecule has 0 radical (unpaired) electrons. The summed E-state index contributed by atoms with van der Waals surface area (Å²) in [5, 5.41) is 20.0. The first-order valence-corrected chi connectivity index (χ1v) is 12.4. The van der Waals surface area contributed by atoms with Crippen molar-refractivity contribution in [2.75, 3.05) is 11.9 Å². The molecule has 1 N–H and O–H groups in total. The van der Waals surface area contributed by atoms with Crippen molar-refractivity contribution in [2.45, 2.75) is 26.7 Å². The molecule has 2 aromatic heterocycles. The van der Waals surface area contributed by atoms with Crippen LogP contribution in [0.15, 0.2) is 52.6 Å². The number of halogens is 1. The van der Waals surface area contributed by atoms with E-state index in [1.807, 2.05) is 26.0 Å². The Morgan fingerprint density at radius 3 is 2.54 bits per heavy atom. The number of hydrogen-bond donors (Lipinski definition) is 1. The normalized spacial score (nSPS) is 11.1. The molecule has 2 heterocycles. The second-order valence-electron chi connectivity index (χ2n) is 8.26. The van der Waals surface area contributed by atoms with E-state index in [0.29, 0.717) is 5.69 Å². The van der Waals surface area contributed by atoms with Crippen molar-refractivity contribution in [1.29, 1.82) is 0 Å². The predicted octanol–water partition coefficient (Wildman–Crippen LogP) is 5.56.